The third-order valence-electron chi connectivity index (χ3n) is 5.40. The molecule has 2 nitrogen and oxygen atoms in total. The summed E-state index contributed by atoms with van der Waals surface area (Å²) in [6.07, 6.45) is 9.92. The number of nitrogens with one attached hydrogen (secondary N) is 1. The van der Waals surface area contributed by atoms with Crippen LogP contribution in [0.5, 0.6) is 0 Å². The van der Waals surface area contributed by atoms with E-state index in [1.165, 1.54) is 44.9 Å². The lowest BCUT2D eigenvalue weighted by atomic mass is 9.72. The van der Waals surface area contributed by atoms with E-state index in [0.29, 0.717) is 12.1 Å². The molecular weight excluding hydrogens is 222 g/mol. The molecule has 0 aromatic heterocycles. The molecule has 1 N–H and O–H groups in total. The Morgan fingerprint density at radius 2 is 2.00 bits per heavy atom. The van der Waals surface area contributed by atoms with Crippen LogP contribution in [-0.2, 0) is 4.74 Å². The Balaban J connectivity index is 1.76. The lowest BCUT2D eigenvalue weighted by Crippen LogP contribution is -2.38. The van der Waals surface area contributed by atoms with E-state index in [2.05, 4.69) is 26.2 Å². The fourth-order valence-corrected chi connectivity index (χ4v) is 3.81. The van der Waals surface area contributed by atoms with Gasteiger partial charge >= 0.3 is 0 Å². The summed E-state index contributed by atoms with van der Waals surface area (Å²) in [7, 11) is 2.14. The highest BCUT2D eigenvalue weighted by atomic mass is 16.5. The molecule has 0 aromatic carbocycles. The zero-order chi connectivity index (χ0) is 13.0. The fourth-order valence-electron chi connectivity index (χ4n) is 3.81. The molecule has 0 radical (unpaired) electrons. The quantitative estimate of drug-likeness (QED) is 0.808. The van der Waals surface area contributed by atoms with Crippen LogP contribution >= 0.6 is 0 Å². The van der Waals surface area contributed by atoms with Crippen LogP contribution in [0.3, 0.4) is 0 Å². The Morgan fingerprint density at radius 3 is 2.61 bits per heavy atom. The summed E-state index contributed by atoms with van der Waals surface area (Å²) in [4.78, 5) is 0. The minimum atomic E-state index is 0.556. The highest BCUT2D eigenvalue weighted by Gasteiger charge is 2.30. The van der Waals surface area contributed by atoms with Crippen LogP contribution in [0.15, 0.2) is 0 Å². The summed E-state index contributed by atoms with van der Waals surface area (Å²) >= 11 is 0. The van der Waals surface area contributed by atoms with Crippen molar-refractivity contribution in [3.05, 3.63) is 0 Å². The predicted octanol–water partition coefficient (Wildman–Crippen LogP) is 3.61. The molecular formula is C16H31NO. The van der Waals surface area contributed by atoms with Gasteiger partial charge in [-0.05, 0) is 63.3 Å². The Bertz CT molecular complexity index is 237. The van der Waals surface area contributed by atoms with Gasteiger partial charge in [0.05, 0.1) is 6.10 Å². The molecule has 1 aliphatic heterocycles. The van der Waals surface area contributed by atoms with Crippen LogP contribution in [0.2, 0.25) is 0 Å². The van der Waals surface area contributed by atoms with Crippen molar-refractivity contribution in [2.24, 2.45) is 17.8 Å². The summed E-state index contributed by atoms with van der Waals surface area (Å²) in [6.45, 7) is 5.85. The van der Waals surface area contributed by atoms with E-state index in [0.717, 1.165) is 24.4 Å². The van der Waals surface area contributed by atoms with Gasteiger partial charge in [0.25, 0.3) is 0 Å². The van der Waals surface area contributed by atoms with Crippen molar-refractivity contribution >= 4 is 0 Å². The molecule has 0 spiro atoms. The smallest absolute Gasteiger partial charge is 0.0576 e. The van der Waals surface area contributed by atoms with Gasteiger partial charge in [0.15, 0.2) is 0 Å². The monoisotopic (exact) mass is 253 g/mol. The standard InChI is InChI=1S/C16H31NO/c1-12-6-7-14(11-13(12)2)16(17-3)9-8-15-5-4-10-18-15/h12-17H,4-11H2,1-3H3. The van der Waals surface area contributed by atoms with Gasteiger partial charge in [-0.2, -0.15) is 0 Å². The Hall–Kier alpha value is -0.0800. The van der Waals surface area contributed by atoms with E-state index < -0.39 is 0 Å². The summed E-state index contributed by atoms with van der Waals surface area (Å²) in [5, 5.41) is 3.58. The maximum atomic E-state index is 5.75. The maximum absolute atomic E-state index is 5.75. The second kappa shape index (κ2) is 6.91. The van der Waals surface area contributed by atoms with Crippen LogP contribution in [-0.4, -0.2) is 25.8 Å². The van der Waals surface area contributed by atoms with E-state index in [9.17, 15) is 0 Å². The van der Waals surface area contributed by atoms with E-state index in [1.54, 1.807) is 0 Å². The highest BCUT2D eigenvalue weighted by molar-refractivity contribution is 4.84. The summed E-state index contributed by atoms with van der Waals surface area (Å²) < 4.78 is 5.75. The number of rotatable bonds is 5. The molecule has 1 saturated heterocycles. The fraction of sp³-hybridized carbons (Fsp3) is 1.00. The molecule has 0 bridgehead atoms. The first kappa shape index (κ1) is 14.3. The molecule has 106 valence electrons. The first-order valence-corrected chi connectivity index (χ1v) is 7.99. The Morgan fingerprint density at radius 1 is 1.17 bits per heavy atom. The van der Waals surface area contributed by atoms with Crippen LogP contribution in [0.1, 0.15) is 58.8 Å². The first-order valence-electron chi connectivity index (χ1n) is 7.99. The minimum Gasteiger partial charge on any atom is -0.378 e. The SMILES string of the molecule is CNC(CCC1CCCO1)C1CCC(C)C(C)C1. The van der Waals surface area contributed by atoms with Gasteiger partial charge in [-0.25, -0.2) is 0 Å². The molecule has 0 aromatic rings. The van der Waals surface area contributed by atoms with Gasteiger partial charge < -0.3 is 10.1 Å². The summed E-state index contributed by atoms with van der Waals surface area (Å²) in [5.74, 6) is 2.72. The normalized spacial score (nSPS) is 38.8. The third kappa shape index (κ3) is 3.71. The van der Waals surface area contributed by atoms with Gasteiger partial charge in [-0.15, -0.1) is 0 Å². The molecule has 1 aliphatic carbocycles. The van der Waals surface area contributed by atoms with Gasteiger partial charge in [0, 0.05) is 12.6 Å². The molecule has 1 saturated carbocycles. The number of hydrogen-bond acceptors (Lipinski definition) is 2. The molecule has 2 rings (SSSR count). The Labute approximate surface area is 113 Å². The molecule has 18 heavy (non-hydrogen) atoms. The lowest BCUT2D eigenvalue weighted by Gasteiger charge is -2.37. The lowest BCUT2D eigenvalue weighted by molar-refractivity contribution is 0.0926. The highest BCUT2D eigenvalue weighted by Crippen LogP contribution is 2.36. The topological polar surface area (TPSA) is 21.3 Å². The predicted molar refractivity (Wildman–Crippen MR) is 76.7 cm³/mol. The zero-order valence-electron chi connectivity index (χ0n) is 12.5. The first-order chi connectivity index (χ1) is 8.70. The second-order valence-electron chi connectivity index (χ2n) is 6.64. The average molecular weight is 253 g/mol. The molecule has 2 aliphatic rings. The van der Waals surface area contributed by atoms with Crippen LogP contribution < -0.4 is 5.32 Å². The average Bonchev–Trinajstić information content (AvgIpc) is 2.87. The van der Waals surface area contributed by atoms with E-state index >= 15 is 0 Å². The molecule has 2 heteroatoms. The molecule has 5 unspecified atom stereocenters. The molecule has 1 heterocycles. The Kier molecular flexibility index (Phi) is 5.50. The van der Waals surface area contributed by atoms with Crippen molar-refractivity contribution in [1.29, 1.82) is 0 Å². The van der Waals surface area contributed by atoms with Crippen LogP contribution in [0, 0.1) is 17.8 Å². The van der Waals surface area contributed by atoms with E-state index in [4.69, 9.17) is 4.74 Å². The van der Waals surface area contributed by atoms with Crippen LogP contribution in [0.25, 0.3) is 0 Å². The van der Waals surface area contributed by atoms with E-state index in [1.807, 2.05) is 0 Å². The number of hydrogen-bond donors (Lipinski definition) is 1. The van der Waals surface area contributed by atoms with Gasteiger partial charge in [0.2, 0.25) is 0 Å². The summed E-state index contributed by atoms with van der Waals surface area (Å²) in [5.41, 5.74) is 0. The van der Waals surface area contributed by atoms with Gasteiger partial charge in [0.1, 0.15) is 0 Å². The largest absolute Gasteiger partial charge is 0.378 e. The van der Waals surface area contributed by atoms with Gasteiger partial charge in [-0.1, -0.05) is 20.3 Å². The van der Waals surface area contributed by atoms with Crippen molar-refractivity contribution in [1.82, 2.24) is 5.32 Å². The van der Waals surface area contributed by atoms with Gasteiger partial charge in [-0.3, -0.25) is 0 Å². The molecule has 2 fully saturated rings. The molecule has 0 amide bonds. The van der Waals surface area contributed by atoms with Crippen LogP contribution in [0.4, 0.5) is 0 Å². The van der Waals surface area contributed by atoms with Crippen molar-refractivity contribution in [2.75, 3.05) is 13.7 Å². The number of ether oxygens (including phenoxy) is 1. The van der Waals surface area contributed by atoms with Crippen molar-refractivity contribution in [3.8, 4) is 0 Å². The maximum Gasteiger partial charge on any atom is 0.0576 e. The van der Waals surface area contributed by atoms with Crippen molar-refractivity contribution < 1.29 is 4.74 Å². The summed E-state index contributed by atoms with van der Waals surface area (Å²) in [6, 6.07) is 0.712. The molecule has 5 atom stereocenters. The van der Waals surface area contributed by atoms with Crippen molar-refractivity contribution in [3.63, 3.8) is 0 Å². The zero-order valence-corrected chi connectivity index (χ0v) is 12.5. The second-order valence-corrected chi connectivity index (χ2v) is 6.64. The van der Waals surface area contributed by atoms with E-state index in [-0.39, 0.29) is 0 Å². The minimum absolute atomic E-state index is 0.556. The van der Waals surface area contributed by atoms with Crippen molar-refractivity contribution in [2.45, 2.75) is 70.9 Å². The third-order valence-corrected chi connectivity index (χ3v) is 5.40.